The molecule has 1 fully saturated rings. The first-order valence-electron chi connectivity index (χ1n) is 5.92. The Kier molecular flexibility index (Phi) is 4.09. The molecule has 0 atom stereocenters. The van der Waals surface area contributed by atoms with Gasteiger partial charge in [0.2, 0.25) is 5.91 Å². The highest BCUT2D eigenvalue weighted by molar-refractivity contribution is 7.80. The summed E-state index contributed by atoms with van der Waals surface area (Å²) in [7, 11) is 0. The smallest absolute Gasteiger partial charge is 0.220 e. The molecular formula is C12H18N2OS2. The van der Waals surface area contributed by atoms with Gasteiger partial charge in [0.15, 0.2) is 0 Å². The Morgan fingerprint density at radius 3 is 2.94 bits per heavy atom. The maximum Gasteiger partial charge on any atom is 0.220 e. The van der Waals surface area contributed by atoms with Crippen molar-refractivity contribution in [2.24, 2.45) is 5.41 Å². The molecule has 2 rings (SSSR count). The zero-order valence-electron chi connectivity index (χ0n) is 10.0. The molecule has 5 heteroatoms. The minimum absolute atomic E-state index is 0.156. The molecule has 1 aliphatic rings. The van der Waals surface area contributed by atoms with Crippen molar-refractivity contribution in [3.05, 3.63) is 16.1 Å². The highest BCUT2D eigenvalue weighted by Gasteiger charge is 2.42. The average Bonchev–Trinajstić information content (AvgIpc) is 2.95. The molecule has 1 aromatic rings. The fourth-order valence-electron chi connectivity index (χ4n) is 1.82. The van der Waals surface area contributed by atoms with E-state index in [4.69, 9.17) is 0 Å². The molecule has 1 heterocycles. The second-order valence-corrected chi connectivity index (χ2v) is 6.17. The lowest BCUT2D eigenvalue weighted by Gasteiger charge is -2.11. The van der Waals surface area contributed by atoms with E-state index in [-0.39, 0.29) is 11.3 Å². The number of hydrogen-bond acceptors (Lipinski definition) is 4. The highest BCUT2D eigenvalue weighted by Crippen LogP contribution is 2.49. The van der Waals surface area contributed by atoms with Crippen LogP contribution in [0.15, 0.2) is 5.38 Å². The molecule has 3 nitrogen and oxygen atoms in total. The maximum atomic E-state index is 11.7. The topological polar surface area (TPSA) is 42.0 Å². The van der Waals surface area contributed by atoms with Gasteiger partial charge in [0, 0.05) is 24.8 Å². The lowest BCUT2D eigenvalue weighted by molar-refractivity contribution is -0.122. The number of aryl methyl sites for hydroxylation is 1. The second kappa shape index (κ2) is 5.40. The standard InChI is InChI=1S/C12H18N2OS2/c1-9-14-10(7-17-9)2-5-13-11(15)6-12(8-16)3-4-12/h7,16H,2-6,8H2,1H3,(H,13,15). The van der Waals surface area contributed by atoms with Crippen molar-refractivity contribution in [1.29, 1.82) is 0 Å². The van der Waals surface area contributed by atoms with Crippen LogP contribution < -0.4 is 5.32 Å². The van der Waals surface area contributed by atoms with E-state index in [1.54, 1.807) is 11.3 Å². The normalized spacial score (nSPS) is 16.8. The summed E-state index contributed by atoms with van der Waals surface area (Å²) in [5, 5.41) is 6.10. The van der Waals surface area contributed by atoms with Crippen LogP contribution in [-0.2, 0) is 11.2 Å². The van der Waals surface area contributed by atoms with Gasteiger partial charge in [-0.05, 0) is 30.9 Å². The number of hydrogen-bond donors (Lipinski definition) is 2. The minimum Gasteiger partial charge on any atom is -0.356 e. The first kappa shape index (κ1) is 12.9. The van der Waals surface area contributed by atoms with E-state index in [9.17, 15) is 4.79 Å². The van der Waals surface area contributed by atoms with Crippen LogP contribution in [0.5, 0.6) is 0 Å². The average molecular weight is 270 g/mol. The maximum absolute atomic E-state index is 11.7. The van der Waals surface area contributed by atoms with Gasteiger partial charge in [0.25, 0.3) is 0 Å². The molecule has 0 bridgehead atoms. The number of aromatic nitrogens is 1. The van der Waals surface area contributed by atoms with Gasteiger partial charge in [-0.25, -0.2) is 4.98 Å². The quantitative estimate of drug-likeness (QED) is 0.778. The van der Waals surface area contributed by atoms with E-state index in [0.717, 1.165) is 35.7 Å². The molecular weight excluding hydrogens is 252 g/mol. The minimum atomic E-state index is 0.156. The van der Waals surface area contributed by atoms with E-state index >= 15 is 0 Å². The number of nitrogens with zero attached hydrogens (tertiary/aromatic N) is 1. The Morgan fingerprint density at radius 1 is 1.65 bits per heavy atom. The summed E-state index contributed by atoms with van der Waals surface area (Å²) in [4.78, 5) is 16.1. The van der Waals surface area contributed by atoms with Crippen molar-refractivity contribution in [2.75, 3.05) is 12.3 Å². The number of thiol groups is 1. The fraction of sp³-hybridized carbons (Fsp3) is 0.667. The van der Waals surface area contributed by atoms with Crippen LogP contribution in [0.3, 0.4) is 0 Å². The van der Waals surface area contributed by atoms with E-state index in [0.29, 0.717) is 13.0 Å². The SMILES string of the molecule is Cc1nc(CCNC(=O)CC2(CS)CC2)cs1. The van der Waals surface area contributed by atoms with Crippen molar-refractivity contribution < 1.29 is 4.79 Å². The van der Waals surface area contributed by atoms with Crippen LogP contribution in [-0.4, -0.2) is 23.2 Å². The third-order valence-electron chi connectivity index (χ3n) is 3.20. The molecule has 0 unspecified atom stereocenters. The molecule has 0 radical (unpaired) electrons. The summed E-state index contributed by atoms with van der Waals surface area (Å²) in [6, 6.07) is 0. The predicted molar refractivity (Wildman–Crippen MR) is 73.7 cm³/mol. The molecule has 1 amide bonds. The van der Waals surface area contributed by atoms with Gasteiger partial charge in [-0.2, -0.15) is 12.6 Å². The fourth-order valence-corrected chi connectivity index (χ4v) is 2.90. The number of thiazole rings is 1. The van der Waals surface area contributed by atoms with Crippen LogP contribution in [0, 0.1) is 12.3 Å². The molecule has 17 heavy (non-hydrogen) atoms. The van der Waals surface area contributed by atoms with E-state index in [1.807, 2.05) is 6.92 Å². The lowest BCUT2D eigenvalue weighted by atomic mass is 10.1. The summed E-state index contributed by atoms with van der Waals surface area (Å²) < 4.78 is 0. The van der Waals surface area contributed by atoms with Gasteiger partial charge in [-0.3, -0.25) is 4.79 Å². The van der Waals surface area contributed by atoms with E-state index < -0.39 is 0 Å². The van der Waals surface area contributed by atoms with Crippen LogP contribution in [0.25, 0.3) is 0 Å². The van der Waals surface area contributed by atoms with Gasteiger partial charge in [-0.15, -0.1) is 11.3 Å². The van der Waals surface area contributed by atoms with Crippen LogP contribution in [0.1, 0.15) is 30.0 Å². The monoisotopic (exact) mass is 270 g/mol. The molecule has 1 N–H and O–H groups in total. The number of carbonyl (C=O) groups excluding carboxylic acids is 1. The second-order valence-electron chi connectivity index (χ2n) is 4.79. The molecule has 0 spiro atoms. The third kappa shape index (κ3) is 3.71. The zero-order chi connectivity index (χ0) is 12.3. The molecule has 1 aromatic heterocycles. The molecule has 0 saturated heterocycles. The van der Waals surface area contributed by atoms with Crippen LogP contribution in [0.2, 0.25) is 0 Å². The summed E-state index contributed by atoms with van der Waals surface area (Å²) in [5.74, 6) is 0.981. The Morgan fingerprint density at radius 2 is 2.41 bits per heavy atom. The van der Waals surface area contributed by atoms with Gasteiger partial charge in [0.05, 0.1) is 10.7 Å². The summed E-state index contributed by atoms with van der Waals surface area (Å²) in [5.41, 5.74) is 1.29. The Bertz CT molecular complexity index is 399. The third-order valence-corrected chi connectivity index (χ3v) is 4.69. The van der Waals surface area contributed by atoms with E-state index in [1.165, 1.54) is 0 Å². The van der Waals surface area contributed by atoms with Crippen molar-refractivity contribution >= 4 is 29.9 Å². The van der Waals surface area contributed by atoms with Gasteiger partial charge in [0.1, 0.15) is 0 Å². The van der Waals surface area contributed by atoms with Gasteiger partial charge in [-0.1, -0.05) is 0 Å². The van der Waals surface area contributed by atoms with Crippen LogP contribution in [0.4, 0.5) is 0 Å². The Balaban J connectivity index is 1.66. The first-order valence-corrected chi connectivity index (χ1v) is 7.43. The Labute approximate surface area is 111 Å². The molecule has 0 aromatic carbocycles. The van der Waals surface area contributed by atoms with Crippen LogP contribution >= 0.6 is 24.0 Å². The predicted octanol–water partition coefficient (Wildman–Crippen LogP) is 2.21. The largest absolute Gasteiger partial charge is 0.356 e. The summed E-state index contributed by atoms with van der Waals surface area (Å²) >= 11 is 5.95. The van der Waals surface area contributed by atoms with Crippen molar-refractivity contribution in [3.63, 3.8) is 0 Å². The van der Waals surface area contributed by atoms with E-state index in [2.05, 4.69) is 28.3 Å². The molecule has 1 saturated carbocycles. The summed E-state index contributed by atoms with van der Waals surface area (Å²) in [6.07, 6.45) is 3.75. The molecule has 1 aliphatic carbocycles. The Hall–Kier alpha value is -0.550. The van der Waals surface area contributed by atoms with Gasteiger partial charge < -0.3 is 5.32 Å². The number of nitrogens with one attached hydrogen (secondary N) is 1. The van der Waals surface area contributed by atoms with Crippen molar-refractivity contribution in [2.45, 2.75) is 32.6 Å². The lowest BCUT2D eigenvalue weighted by Crippen LogP contribution is -2.28. The number of carbonyl (C=O) groups is 1. The highest BCUT2D eigenvalue weighted by atomic mass is 32.1. The van der Waals surface area contributed by atoms with Crippen molar-refractivity contribution in [3.8, 4) is 0 Å². The first-order chi connectivity index (χ1) is 8.13. The summed E-state index contributed by atoms with van der Waals surface area (Å²) in [6.45, 7) is 2.68. The number of rotatable bonds is 6. The van der Waals surface area contributed by atoms with Gasteiger partial charge >= 0.3 is 0 Å². The zero-order valence-corrected chi connectivity index (χ0v) is 11.7. The number of amides is 1. The molecule has 94 valence electrons. The molecule has 0 aliphatic heterocycles. The van der Waals surface area contributed by atoms with Crippen molar-refractivity contribution in [1.82, 2.24) is 10.3 Å².